The van der Waals surface area contributed by atoms with Crippen LogP contribution in [0.5, 0.6) is 0 Å². The average molecular weight is 434 g/mol. The molecule has 1 saturated heterocycles. The number of rotatable bonds is 5. The molecule has 2 fully saturated rings. The van der Waals surface area contributed by atoms with E-state index < -0.39 is 35.5 Å². The van der Waals surface area contributed by atoms with Crippen LogP contribution in [-0.4, -0.2) is 52.8 Å². The van der Waals surface area contributed by atoms with Crippen molar-refractivity contribution in [2.24, 2.45) is 0 Å². The highest BCUT2D eigenvalue weighted by atomic mass is 19.1. The van der Waals surface area contributed by atoms with E-state index in [1.54, 1.807) is 18.4 Å². The molecule has 2 aromatic heterocycles. The van der Waals surface area contributed by atoms with Gasteiger partial charge in [-0.3, -0.25) is 9.59 Å². The van der Waals surface area contributed by atoms with Crippen molar-refractivity contribution < 1.29 is 23.1 Å². The van der Waals surface area contributed by atoms with Gasteiger partial charge in [-0.1, -0.05) is 0 Å². The van der Waals surface area contributed by atoms with Crippen LogP contribution < -0.4 is 15.6 Å². The summed E-state index contributed by atoms with van der Waals surface area (Å²) >= 11 is 0. The van der Waals surface area contributed by atoms with Crippen LogP contribution >= 0.6 is 0 Å². The topological polar surface area (TPSA) is 93.5 Å². The molecule has 0 bridgehead atoms. The largest absolute Gasteiger partial charge is 0.462 e. The third kappa shape index (κ3) is 3.75. The molecule has 1 aliphatic heterocycles. The van der Waals surface area contributed by atoms with Crippen molar-refractivity contribution >= 4 is 28.7 Å². The minimum Gasteiger partial charge on any atom is -0.462 e. The van der Waals surface area contributed by atoms with E-state index in [1.165, 1.54) is 18.0 Å². The molecule has 31 heavy (non-hydrogen) atoms. The van der Waals surface area contributed by atoms with Gasteiger partial charge in [-0.25, -0.2) is 18.6 Å². The predicted molar refractivity (Wildman–Crippen MR) is 109 cm³/mol. The first kappa shape index (κ1) is 21.2. The molecule has 3 heterocycles. The third-order valence-corrected chi connectivity index (χ3v) is 5.79. The summed E-state index contributed by atoms with van der Waals surface area (Å²) in [5, 5.41) is 2.54. The second-order valence-electron chi connectivity index (χ2n) is 8.03. The summed E-state index contributed by atoms with van der Waals surface area (Å²) < 4.78 is 36.3. The number of hydrogen-bond acceptors (Lipinski definition) is 6. The van der Waals surface area contributed by atoms with Crippen molar-refractivity contribution in [2.75, 3.05) is 18.1 Å². The SMILES string of the molecule is CCOC(=O)c1cn(C2CC2)c2nc(N3CC(F)C(NC(C)=O)C3C)c(F)cc2c1=O. The van der Waals surface area contributed by atoms with Crippen molar-refractivity contribution in [3.63, 3.8) is 0 Å². The number of fused-ring (bicyclic) bond motifs is 1. The molecule has 0 radical (unpaired) electrons. The molecule has 166 valence electrons. The van der Waals surface area contributed by atoms with Crippen LogP contribution in [0, 0.1) is 5.82 Å². The maximum atomic E-state index is 15.1. The average Bonchev–Trinajstić information content (AvgIpc) is 3.51. The van der Waals surface area contributed by atoms with E-state index in [0.29, 0.717) is 0 Å². The molecule has 1 N–H and O–H groups in total. The number of alkyl halides is 1. The molecular weight excluding hydrogens is 410 g/mol. The Kier molecular flexibility index (Phi) is 5.40. The number of carbonyl (C=O) groups is 2. The maximum Gasteiger partial charge on any atom is 0.343 e. The van der Waals surface area contributed by atoms with E-state index in [0.717, 1.165) is 18.9 Å². The monoisotopic (exact) mass is 434 g/mol. The highest BCUT2D eigenvalue weighted by molar-refractivity contribution is 5.93. The fourth-order valence-electron chi connectivity index (χ4n) is 4.11. The number of ether oxygens (including phenoxy) is 1. The van der Waals surface area contributed by atoms with E-state index in [-0.39, 0.29) is 47.5 Å². The number of nitrogens with zero attached hydrogens (tertiary/aromatic N) is 3. The van der Waals surface area contributed by atoms with Gasteiger partial charge in [0.05, 0.1) is 30.6 Å². The van der Waals surface area contributed by atoms with Crippen LogP contribution in [0.2, 0.25) is 0 Å². The van der Waals surface area contributed by atoms with E-state index in [9.17, 15) is 18.8 Å². The van der Waals surface area contributed by atoms with Crippen LogP contribution in [0.4, 0.5) is 14.6 Å². The number of amides is 1. The number of carbonyl (C=O) groups excluding carboxylic acids is 2. The van der Waals surface area contributed by atoms with Gasteiger partial charge in [0, 0.05) is 19.2 Å². The van der Waals surface area contributed by atoms with E-state index in [2.05, 4.69) is 10.3 Å². The molecule has 1 aliphatic carbocycles. The minimum atomic E-state index is -1.40. The first-order valence-corrected chi connectivity index (χ1v) is 10.3. The lowest BCUT2D eigenvalue weighted by atomic mass is 10.1. The first-order valence-electron chi connectivity index (χ1n) is 10.3. The number of esters is 1. The van der Waals surface area contributed by atoms with Crippen LogP contribution in [0.1, 0.15) is 50.0 Å². The molecule has 3 unspecified atom stereocenters. The van der Waals surface area contributed by atoms with Crippen molar-refractivity contribution in [1.29, 1.82) is 0 Å². The highest BCUT2D eigenvalue weighted by Gasteiger charge is 2.42. The number of pyridine rings is 2. The van der Waals surface area contributed by atoms with Crippen LogP contribution in [0.15, 0.2) is 17.1 Å². The zero-order chi connectivity index (χ0) is 22.4. The predicted octanol–water partition coefficient (Wildman–Crippen LogP) is 2.10. The lowest BCUT2D eigenvalue weighted by Gasteiger charge is -2.26. The normalized spacial score (nSPS) is 23.3. The smallest absolute Gasteiger partial charge is 0.343 e. The van der Waals surface area contributed by atoms with Gasteiger partial charge in [0.15, 0.2) is 11.6 Å². The number of hydrogen-bond donors (Lipinski definition) is 1. The second kappa shape index (κ2) is 7.90. The summed E-state index contributed by atoms with van der Waals surface area (Å²) in [5.74, 6) is -2.02. The van der Waals surface area contributed by atoms with Gasteiger partial charge in [0.1, 0.15) is 17.4 Å². The molecule has 8 nitrogen and oxygen atoms in total. The molecule has 1 amide bonds. The summed E-state index contributed by atoms with van der Waals surface area (Å²) in [7, 11) is 0. The Bertz CT molecular complexity index is 1110. The van der Waals surface area contributed by atoms with E-state index >= 15 is 4.39 Å². The Morgan fingerprint density at radius 1 is 1.35 bits per heavy atom. The van der Waals surface area contributed by atoms with Crippen LogP contribution in [0.3, 0.4) is 0 Å². The van der Waals surface area contributed by atoms with Crippen LogP contribution in [0.25, 0.3) is 11.0 Å². The Morgan fingerprint density at radius 2 is 2.06 bits per heavy atom. The molecule has 10 heteroatoms. The van der Waals surface area contributed by atoms with Crippen molar-refractivity contribution in [3.8, 4) is 0 Å². The molecule has 0 aromatic carbocycles. The van der Waals surface area contributed by atoms with Gasteiger partial charge in [0.25, 0.3) is 0 Å². The fraction of sp³-hybridized carbons (Fsp3) is 0.524. The molecule has 2 aromatic rings. The van der Waals surface area contributed by atoms with Gasteiger partial charge in [-0.2, -0.15) is 0 Å². The third-order valence-electron chi connectivity index (χ3n) is 5.79. The first-order chi connectivity index (χ1) is 14.7. The van der Waals surface area contributed by atoms with Gasteiger partial charge in [-0.15, -0.1) is 0 Å². The summed E-state index contributed by atoms with van der Waals surface area (Å²) in [6, 6.07) is -0.253. The standard InChI is InChI=1S/C21H24F2N4O4/c1-4-31-21(30)14-8-27(12-5-6-12)19-13(18(14)29)7-15(22)20(25-19)26-9-16(23)17(10(26)2)24-11(3)28/h7-8,10,12,16-17H,4-6,9H2,1-3H3,(H,24,28). The summed E-state index contributed by atoms with van der Waals surface area (Å²) in [4.78, 5) is 42.4. The van der Waals surface area contributed by atoms with E-state index in [4.69, 9.17) is 4.74 Å². The lowest BCUT2D eigenvalue weighted by Crippen LogP contribution is -2.45. The number of aromatic nitrogens is 2. The summed E-state index contributed by atoms with van der Waals surface area (Å²) in [6.45, 7) is 4.58. The van der Waals surface area contributed by atoms with Gasteiger partial charge >= 0.3 is 5.97 Å². The molecular formula is C21H24F2N4O4. The van der Waals surface area contributed by atoms with Crippen molar-refractivity contribution in [1.82, 2.24) is 14.9 Å². The minimum absolute atomic E-state index is 0.0271. The fourth-order valence-corrected chi connectivity index (χ4v) is 4.11. The number of halogens is 2. The van der Waals surface area contributed by atoms with Gasteiger partial charge < -0.3 is 19.5 Å². The summed E-state index contributed by atoms with van der Waals surface area (Å²) in [5.41, 5.74) is -0.584. The van der Waals surface area contributed by atoms with E-state index in [1.807, 2.05) is 0 Å². The zero-order valence-corrected chi connectivity index (χ0v) is 17.5. The van der Waals surface area contributed by atoms with Gasteiger partial charge in [-0.05, 0) is 32.8 Å². The van der Waals surface area contributed by atoms with Crippen molar-refractivity contribution in [3.05, 3.63) is 33.9 Å². The lowest BCUT2D eigenvalue weighted by molar-refractivity contribution is -0.120. The second-order valence-corrected chi connectivity index (χ2v) is 8.03. The highest BCUT2D eigenvalue weighted by Crippen LogP contribution is 2.38. The summed E-state index contributed by atoms with van der Waals surface area (Å²) in [6.07, 6.45) is 1.70. The van der Waals surface area contributed by atoms with Crippen molar-refractivity contribution in [2.45, 2.75) is 57.9 Å². The Labute approximate surface area is 177 Å². The maximum absolute atomic E-state index is 15.1. The van der Waals surface area contributed by atoms with Crippen LogP contribution in [-0.2, 0) is 9.53 Å². The Morgan fingerprint density at radius 3 is 2.68 bits per heavy atom. The Hall–Kier alpha value is -3.04. The molecule has 0 spiro atoms. The molecule has 4 rings (SSSR count). The molecule has 3 atom stereocenters. The number of nitrogens with one attached hydrogen (secondary N) is 1. The Balaban J connectivity index is 1.83. The quantitative estimate of drug-likeness (QED) is 0.725. The molecule has 2 aliphatic rings. The number of anilines is 1. The molecule has 1 saturated carbocycles. The zero-order valence-electron chi connectivity index (χ0n) is 17.5. The van der Waals surface area contributed by atoms with Gasteiger partial charge in [0.2, 0.25) is 11.3 Å².